The molecular weight excluding hydrogens is 486 g/mol. The molecule has 3 aromatic carbocycles. The van der Waals surface area contributed by atoms with Gasteiger partial charge in [0.2, 0.25) is 0 Å². The number of carbonyl (C=O) groups is 2. The molecule has 0 radical (unpaired) electrons. The van der Waals surface area contributed by atoms with Gasteiger partial charge in [-0.25, -0.2) is 0 Å². The number of nitrogens with zero attached hydrogens (tertiary/aromatic N) is 2. The lowest BCUT2D eigenvalue weighted by Crippen LogP contribution is -2.37. The van der Waals surface area contributed by atoms with Crippen molar-refractivity contribution < 1.29 is 14.3 Å². The maximum Gasteiger partial charge on any atom is 0.163 e. The van der Waals surface area contributed by atoms with E-state index in [0.717, 1.165) is 58.3 Å². The molecule has 3 aromatic rings. The molecule has 0 bridgehead atoms. The van der Waals surface area contributed by atoms with E-state index in [1.807, 2.05) is 36.4 Å². The van der Waals surface area contributed by atoms with Crippen molar-refractivity contribution in [1.29, 1.82) is 0 Å². The van der Waals surface area contributed by atoms with Crippen LogP contribution in [0.25, 0.3) is 0 Å². The lowest BCUT2D eigenvalue weighted by molar-refractivity contribution is -0.117. The number of hydrogen-bond donors (Lipinski definition) is 1. The molecule has 0 saturated heterocycles. The van der Waals surface area contributed by atoms with Crippen LogP contribution < -0.4 is 19.9 Å². The zero-order valence-corrected chi connectivity index (χ0v) is 23.2. The van der Waals surface area contributed by atoms with E-state index in [9.17, 15) is 9.59 Å². The van der Waals surface area contributed by atoms with Crippen molar-refractivity contribution in [2.24, 2.45) is 0 Å². The molecular formula is C33H37N3O3. The van der Waals surface area contributed by atoms with Crippen molar-refractivity contribution in [1.82, 2.24) is 0 Å². The first-order chi connectivity index (χ1) is 18.9. The van der Waals surface area contributed by atoms with E-state index in [1.165, 1.54) is 0 Å². The van der Waals surface area contributed by atoms with E-state index in [4.69, 9.17) is 4.74 Å². The van der Waals surface area contributed by atoms with Crippen LogP contribution in [0.3, 0.4) is 0 Å². The van der Waals surface area contributed by atoms with Crippen LogP contribution in [-0.4, -0.2) is 38.3 Å². The number of ether oxygens (including phenoxy) is 1. The summed E-state index contributed by atoms with van der Waals surface area (Å²) in [5, 5.41) is 3.64. The topological polar surface area (TPSA) is 61.9 Å². The number of anilines is 3. The molecule has 5 rings (SSSR count). The number of rotatable bonds is 8. The number of hydrogen-bond acceptors (Lipinski definition) is 6. The summed E-state index contributed by atoms with van der Waals surface area (Å²) in [6.45, 7) is 7.97. The van der Waals surface area contributed by atoms with E-state index in [-0.39, 0.29) is 30.1 Å². The summed E-state index contributed by atoms with van der Waals surface area (Å²) in [6.07, 6.45) is 1.13. The molecule has 6 heteroatoms. The van der Waals surface area contributed by atoms with Gasteiger partial charge in [-0.2, -0.15) is 0 Å². The van der Waals surface area contributed by atoms with Crippen LogP contribution in [0, 0.1) is 0 Å². The fourth-order valence-corrected chi connectivity index (χ4v) is 5.98. The van der Waals surface area contributed by atoms with Crippen LogP contribution in [0.1, 0.15) is 56.7 Å². The van der Waals surface area contributed by atoms with Gasteiger partial charge in [0.1, 0.15) is 11.5 Å². The van der Waals surface area contributed by atoms with E-state index < -0.39 is 0 Å². The van der Waals surface area contributed by atoms with Crippen LogP contribution in [-0.2, 0) is 9.59 Å². The molecule has 2 atom stereocenters. The Labute approximate surface area is 231 Å². The summed E-state index contributed by atoms with van der Waals surface area (Å²) in [5.74, 6) is 1.03. The largest absolute Gasteiger partial charge is 0.497 e. The normalized spacial score (nSPS) is 18.6. The van der Waals surface area contributed by atoms with E-state index in [2.05, 4.69) is 65.4 Å². The fourth-order valence-electron chi connectivity index (χ4n) is 5.98. The van der Waals surface area contributed by atoms with Crippen molar-refractivity contribution in [3.05, 3.63) is 95.2 Å². The van der Waals surface area contributed by atoms with Gasteiger partial charge < -0.3 is 19.9 Å². The molecule has 39 heavy (non-hydrogen) atoms. The average Bonchev–Trinajstić information content (AvgIpc) is 3.08. The third-order valence-electron chi connectivity index (χ3n) is 7.91. The van der Waals surface area contributed by atoms with Gasteiger partial charge in [0.25, 0.3) is 0 Å². The van der Waals surface area contributed by atoms with Crippen molar-refractivity contribution >= 4 is 28.6 Å². The van der Waals surface area contributed by atoms with Crippen molar-refractivity contribution in [3.8, 4) is 5.75 Å². The molecule has 0 amide bonds. The second kappa shape index (κ2) is 11.4. The Kier molecular flexibility index (Phi) is 7.73. The second-order valence-electron chi connectivity index (χ2n) is 10.3. The zero-order valence-electron chi connectivity index (χ0n) is 23.2. The SMILES string of the molecule is CCN(CC)c1ccc(C2C3=C(CC(c4ccc(OC)cc4)CC3=O)Nc3ccccc3N2CC(C)=O)cc1. The van der Waals surface area contributed by atoms with Gasteiger partial charge in [0.15, 0.2) is 5.78 Å². The van der Waals surface area contributed by atoms with Gasteiger partial charge in [-0.05, 0) is 80.6 Å². The number of allylic oxidation sites excluding steroid dienone is 1. The molecule has 1 N–H and O–H groups in total. The Morgan fingerprint density at radius 1 is 0.949 bits per heavy atom. The third-order valence-corrected chi connectivity index (χ3v) is 7.91. The monoisotopic (exact) mass is 523 g/mol. The zero-order chi connectivity index (χ0) is 27.5. The summed E-state index contributed by atoms with van der Waals surface area (Å²) in [6, 6.07) is 24.2. The minimum Gasteiger partial charge on any atom is -0.497 e. The average molecular weight is 524 g/mol. The first kappa shape index (κ1) is 26.5. The highest BCUT2D eigenvalue weighted by Gasteiger charge is 2.39. The van der Waals surface area contributed by atoms with Crippen LogP contribution in [0.5, 0.6) is 5.75 Å². The lowest BCUT2D eigenvalue weighted by atomic mass is 9.78. The minimum atomic E-state index is -0.366. The first-order valence-corrected chi connectivity index (χ1v) is 13.8. The second-order valence-corrected chi connectivity index (χ2v) is 10.3. The van der Waals surface area contributed by atoms with Gasteiger partial charge in [0.05, 0.1) is 31.1 Å². The molecule has 2 aliphatic rings. The molecule has 1 aliphatic carbocycles. The summed E-state index contributed by atoms with van der Waals surface area (Å²) >= 11 is 0. The maximum atomic E-state index is 14.1. The highest BCUT2D eigenvalue weighted by atomic mass is 16.5. The Bertz CT molecular complexity index is 1370. The molecule has 1 heterocycles. The maximum absolute atomic E-state index is 14.1. The van der Waals surface area contributed by atoms with Gasteiger partial charge in [-0.15, -0.1) is 0 Å². The minimum absolute atomic E-state index is 0.0537. The third kappa shape index (κ3) is 5.29. The molecule has 202 valence electrons. The molecule has 0 fully saturated rings. The van der Waals surface area contributed by atoms with Gasteiger partial charge in [-0.1, -0.05) is 36.4 Å². The molecule has 0 aromatic heterocycles. The molecule has 0 saturated carbocycles. The molecule has 0 spiro atoms. The van der Waals surface area contributed by atoms with E-state index >= 15 is 0 Å². The van der Waals surface area contributed by atoms with Gasteiger partial charge >= 0.3 is 0 Å². The van der Waals surface area contributed by atoms with Crippen molar-refractivity contribution in [3.63, 3.8) is 0 Å². The summed E-state index contributed by atoms with van der Waals surface area (Å²) < 4.78 is 5.34. The molecule has 1 aliphatic heterocycles. The number of Topliss-reactive ketones (excluding diaryl/α,β-unsaturated/α-hetero) is 2. The fraction of sp³-hybridized carbons (Fsp3) is 0.333. The van der Waals surface area contributed by atoms with E-state index in [1.54, 1.807) is 14.0 Å². The quantitative estimate of drug-likeness (QED) is 0.363. The Balaban J connectivity index is 1.63. The van der Waals surface area contributed by atoms with Crippen LogP contribution >= 0.6 is 0 Å². The predicted octanol–water partition coefficient (Wildman–Crippen LogP) is 6.50. The summed E-state index contributed by atoms with van der Waals surface area (Å²) in [4.78, 5) is 31.1. The number of carbonyl (C=O) groups excluding carboxylic acids is 2. The van der Waals surface area contributed by atoms with Crippen LogP contribution in [0.15, 0.2) is 84.1 Å². The van der Waals surface area contributed by atoms with Crippen LogP contribution in [0.2, 0.25) is 0 Å². The summed E-state index contributed by atoms with van der Waals surface area (Å²) in [5.41, 5.74) is 6.81. The van der Waals surface area contributed by atoms with Gasteiger partial charge in [0, 0.05) is 36.5 Å². The van der Waals surface area contributed by atoms with Crippen LogP contribution in [0.4, 0.5) is 17.1 Å². The highest BCUT2D eigenvalue weighted by molar-refractivity contribution is 6.02. The number of ketones is 2. The Hall–Kier alpha value is -4.06. The number of methoxy groups -OCH3 is 1. The highest BCUT2D eigenvalue weighted by Crippen LogP contribution is 2.47. The number of nitrogens with one attached hydrogen (secondary N) is 1. The lowest BCUT2D eigenvalue weighted by Gasteiger charge is -2.36. The predicted molar refractivity (Wildman–Crippen MR) is 158 cm³/mol. The van der Waals surface area contributed by atoms with Crippen molar-refractivity contribution in [2.75, 3.05) is 41.9 Å². The number of benzene rings is 3. The Morgan fingerprint density at radius 3 is 2.26 bits per heavy atom. The molecule has 6 nitrogen and oxygen atoms in total. The first-order valence-electron chi connectivity index (χ1n) is 13.8. The van der Waals surface area contributed by atoms with E-state index in [0.29, 0.717) is 12.8 Å². The number of fused-ring (bicyclic) bond motifs is 1. The number of para-hydroxylation sites is 2. The van der Waals surface area contributed by atoms with Gasteiger partial charge in [-0.3, -0.25) is 9.59 Å². The smallest absolute Gasteiger partial charge is 0.163 e. The molecule has 2 unspecified atom stereocenters. The Morgan fingerprint density at radius 2 is 1.62 bits per heavy atom. The van der Waals surface area contributed by atoms with Crippen molar-refractivity contribution in [2.45, 2.75) is 45.6 Å². The summed E-state index contributed by atoms with van der Waals surface area (Å²) in [7, 11) is 1.66. The standard InChI is InChI=1S/C33H37N3O3/c1-5-35(6-2)26-15-11-24(12-16-26)33-32-29(34-28-9-7-8-10-30(28)36(33)21-22(3)37)19-25(20-31(32)38)23-13-17-27(39-4)18-14-23/h7-18,25,33-34H,5-6,19-21H2,1-4H3.